The van der Waals surface area contributed by atoms with Crippen molar-refractivity contribution in [3.63, 3.8) is 0 Å². The van der Waals surface area contributed by atoms with Crippen LogP contribution in [0.3, 0.4) is 0 Å². The number of nitrogens with one attached hydrogen (secondary N) is 3. The predicted octanol–water partition coefficient (Wildman–Crippen LogP) is 2.56. The number of fused-ring (bicyclic) bond motifs is 1. The molecule has 0 radical (unpaired) electrons. The van der Waals surface area contributed by atoms with Gasteiger partial charge in [0.1, 0.15) is 11.3 Å². The molecule has 0 bridgehead atoms. The number of hydrogen-bond acceptors (Lipinski definition) is 6. The fourth-order valence-corrected chi connectivity index (χ4v) is 3.11. The lowest BCUT2D eigenvalue weighted by atomic mass is 10.1. The third kappa shape index (κ3) is 4.48. The van der Waals surface area contributed by atoms with Crippen LogP contribution in [0, 0.1) is 22.9 Å². The summed E-state index contributed by atoms with van der Waals surface area (Å²) in [4.78, 5) is 6.41. The van der Waals surface area contributed by atoms with Gasteiger partial charge in [-0.1, -0.05) is 11.6 Å². The van der Waals surface area contributed by atoms with Crippen molar-refractivity contribution in [3.8, 4) is 0 Å². The molecular formula is C16H14ClF3N6O3S. The van der Waals surface area contributed by atoms with Crippen LogP contribution in [0.4, 0.5) is 24.8 Å². The first-order chi connectivity index (χ1) is 14.0. The number of halogens is 4. The van der Waals surface area contributed by atoms with Crippen LogP contribution in [0.25, 0.3) is 11.0 Å². The standard InChI is InChI=1S/C16H14ClF3N6O3S/c17-9-5-7(1-2-10(9)18)26(27)15(21)8-6-11(19)12(20)14-13(8)24-16(25-14)23-3-4-30(22,28)29/h1-2,5-6,21,27H,3-4H2,(H2,22,28,29)(H2,23,24,25). The van der Waals surface area contributed by atoms with Crippen LogP contribution in [0.2, 0.25) is 5.02 Å². The molecule has 0 aliphatic rings. The minimum atomic E-state index is -3.76. The number of hydroxylamine groups is 1. The number of aromatic amines is 1. The van der Waals surface area contributed by atoms with E-state index >= 15 is 0 Å². The minimum Gasteiger partial charge on any atom is -0.355 e. The number of H-pyrrole nitrogens is 1. The SMILES string of the molecule is N=C(c1cc(F)c(F)c2nc(NCCS(N)(=O)=O)[nH]c12)N(O)c1ccc(F)c(Cl)c1. The monoisotopic (exact) mass is 462 g/mol. The Labute approximate surface area is 172 Å². The molecule has 2 aromatic carbocycles. The van der Waals surface area contributed by atoms with Crippen molar-refractivity contribution in [2.75, 3.05) is 22.7 Å². The van der Waals surface area contributed by atoms with Gasteiger partial charge in [0.25, 0.3) is 0 Å². The van der Waals surface area contributed by atoms with E-state index < -0.39 is 44.6 Å². The van der Waals surface area contributed by atoms with E-state index in [2.05, 4.69) is 15.3 Å². The summed E-state index contributed by atoms with van der Waals surface area (Å²) in [6.45, 7) is -0.171. The maximum atomic E-state index is 14.2. The van der Waals surface area contributed by atoms with Gasteiger partial charge in [0.2, 0.25) is 16.0 Å². The fraction of sp³-hybridized carbons (Fsp3) is 0.125. The Morgan fingerprint density at radius 3 is 2.63 bits per heavy atom. The number of sulfonamides is 1. The quantitative estimate of drug-likeness (QED) is 0.216. The van der Waals surface area contributed by atoms with Crippen molar-refractivity contribution < 1.29 is 26.8 Å². The molecule has 14 heteroatoms. The van der Waals surface area contributed by atoms with Crippen LogP contribution >= 0.6 is 11.6 Å². The number of imidazole rings is 1. The zero-order valence-corrected chi connectivity index (χ0v) is 16.5. The van der Waals surface area contributed by atoms with Crippen LogP contribution < -0.4 is 15.5 Å². The van der Waals surface area contributed by atoms with Gasteiger partial charge >= 0.3 is 0 Å². The zero-order valence-electron chi connectivity index (χ0n) is 14.9. The number of primary sulfonamides is 1. The number of aromatic nitrogens is 2. The summed E-state index contributed by atoms with van der Waals surface area (Å²) < 4.78 is 63.6. The molecule has 6 N–H and O–H groups in total. The first-order valence-electron chi connectivity index (χ1n) is 8.13. The van der Waals surface area contributed by atoms with Gasteiger partial charge in [-0.15, -0.1) is 0 Å². The molecule has 0 unspecified atom stereocenters. The Morgan fingerprint density at radius 1 is 1.30 bits per heavy atom. The highest BCUT2D eigenvalue weighted by Gasteiger charge is 2.23. The largest absolute Gasteiger partial charge is 0.355 e. The highest BCUT2D eigenvalue weighted by atomic mass is 35.5. The normalized spacial score (nSPS) is 11.7. The average Bonchev–Trinajstić information content (AvgIpc) is 3.09. The van der Waals surface area contributed by atoms with E-state index in [1.165, 1.54) is 0 Å². The molecule has 0 fully saturated rings. The highest BCUT2D eigenvalue weighted by molar-refractivity contribution is 7.89. The summed E-state index contributed by atoms with van der Waals surface area (Å²) in [5, 5.41) is 25.9. The molecular weight excluding hydrogens is 449 g/mol. The van der Waals surface area contributed by atoms with Crippen LogP contribution in [0.1, 0.15) is 5.56 Å². The van der Waals surface area contributed by atoms with Crippen LogP contribution in [0.15, 0.2) is 24.3 Å². The highest BCUT2D eigenvalue weighted by Crippen LogP contribution is 2.28. The third-order valence-corrected chi connectivity index (χ3v) is 5.02. The summed E-state index contributed by atoms with van der Waals surface area (Å²) in [5.41, 5.74) is -1.02. The van der Waals surface area contributed by atoms with Gasteiger partial charge in [0, 0.05) is 12.1 Å². The van der Waals surface area contributed by atoms with Crippen molar-refractivity contribution in [2.45, 2.75) is 0 Å². The van der Waals surface area contributed by atoms with Gasteiger partial charge in [0.15, 0.2) is 17.5 Å². The van der Waals surface area contributed by atoms with E-state index in [9.17, 15) is 26.8 Å². The molecule has 1 aromatic heterocycles. The number of rotatable bonds is 6. The number of amidine groups is 1. The summed E-state index contributed by atoms with van der Waals surface area (Å²) in [6, 6.07) is 3.79. The van der Waals surface area contributed by atoms with E-state index in [0.717, 1.165) is 18.2 Å². The number of benzene rings is 2. The Morgan fingerprint density at radius 2 is 2.00 bits per heavy atom. The van der Waals surface area contributed by atoms with Gasteiger partial charge in [-0.25, -0.2) is 36.8 Å². The van der Waals surface area contributed by atoms with E-state index in [1.54, 1.807) is 0 Å². The Balaban J connectivity index is 1.98. The molecule has 9 nitrogen and oxygen atoms in total. The average molecular weight is 463 g/mol. The second-order valence-corrected chi connectivity index (χ2v) is 8.22. The van der Waals surface area contributed by atoms with Gasteiger partial charge in [-0.3, -0.25) is 10.6 Å². The molecule has 0 aliphatic heterocycles. The Kier molecular flexibility index (Phi) is 5.90. The molecule has 3 aromatic rings. The number of nitrogens with two attached hydrogens (primary N) is 1. The molecule has 1 heterocycles. The second-order valence-electron chi connectivity index (χ2n) is 6.08. The van der Waals surface area contributed by atoms with Crippen molar-refractivity contribution in [2.24, 2.45) is 5.14 Å². The molecule has 30 heavy (non-hydrogen) atoms. The predicted molar refractivity (Wildman–Crippen MR) is 105 cm³/mol. The lowest BCUT2D eigenvalue weighted by Gasteiger charge is -2.18. The molecule has 0 atom stereocenters. The first kappa shape index (κ1) is 21.8. The molecule has 3 rings (SSSR count). The topological polar surface area (TPSA) is 148 Å². The molecule has 160 valence electrons. The number of hydrogen-bond donors (Lipinski definition) is 5. The van der Waals surface area contributed by atoms with E-state index in [-0.39, 0.29) is 34.3 Å². The van der Waals surface area contributed by atoms with Crippen LogP contribution in [-0.4, -0.2) is 41.7 Å². The van der Waals surface area contributed by atoms with Crippen molar-refractivity contribution in [1.29, 1.82) is 5.41 Å². The van der Waals surface area contributed by atoms with E-state index in [0.29, 0.717) is 11.1 Å². The molecule has 0 saturated heterocycles. The lowest BCUT2D eigenvalue weighted by Crippen LogP contribution is -2.27. The van der Waals surface area contributed by atoms with Gasteiger partial charge in [-0.2, -0.15) is 0 Å². The second kappa shape index (κ2) is 8.10. The maximum Gasteiger partial charge on any atom is 0.210 e. The summed E-state index contributed by atoms with van der Waals surface area (Å²) >= 11 is 5.66. The maximum absolute atomic E-state index is 14.2. The Bertz CT molecular complexity index is 1250. The fourth-order valence-electron chi connectivity index (χ4n) is 2.54. The summed E-state index contributed by atoms with van der Waals surface area (Å²) in [5.74, 6) is -4.65. The zero-order chi connectivity index (χ0) is 22.2. The lowest BCUT2D eigenvalue weighted by molar-refractivity contribution is 0.312. The number of anilines is 2. The number of nitrogens with zero attached hydrogens (tertiary/aromatic N) is 2. The van der Waals surface area contributed by atoms with Gasteiger partial charge in [0.05, 0.1) is 22.0 Å². The van der Waals surface area contributed by atoms with Crippen LogP contribution in [0.5, 0.6) is 0 Å². The van der Waals surface area contributed by atoms with Crippen molar-refractivity contribution in [3.05, 3.63) is 52.3 Å². The molecule has 0 saturated carbocycles. The first-order valence-corrected chi connectivity index (χ1v) is 10.2. The minimum absolute atomic E-state index is 0.102. The third-order valence-electron chi connectivity index (χ3n) is 3.96. The van der Waals surface area contributed by atoms with Crippen molar-refractivity contribution in [1.82, 2.24) is 9.97 Å². The van der Waals surface area contributed by atoms with Crippen LogP contribution in [-0.2, 0) is 10.0 Å². The van der Waals surface area contributed by atoms with Gasteiger partial charge in [-0.05, 0) is 24.3 Å². The Hall–Kier alpha value is -2.87. The molecule has 0 aliphatic carbocycles. The summed E-state index contributed by atoms with van der Waals surface area (Å²) in [7, 11) is -3.76. The van der Waals surface area contributed by atoms with Gasteiger partial charge < -0.3 is 10.3 Å². The van der Waals surface area contributed by atoms with Crippen molar-refractivity contribution >= 4 is 50.1 Å². The summed E-state index contributed by atoms with van der Waals surface area (Å²) in [6.07, 6.45) is 0. The molecule has 0 amide bonds. The van der Waals surface area contributed by atoms with E-state index in [4.69, 9.17) is 22.1 Å². The molecule has 0 spiro atoms. The van der Waals surface area contributed by atoms with E-state index in [1.807, 2.05) is 0 Å². The smallest absolute Gasteiger partial charge is 0.210 e.